The molecule has 1 aliphatic rings. The topological polar surface area (TPSA) is 42.2 Å². The largest absolute Gasteiger partial charge is 0.395 e. The lowest BCUT2D eigenvalue weighted by atomic mass is 9.90. The van der Waals surface area contributed by atoms with E-state index in [1.165, 1.54) is 0 Å². The maximum absolute atomic E-state index is 8.68. The van der Waals surface area contributed by atoms with E-state index >= 15 is 0 Å². The molecule has 0 saturated carbocycles. The van der Waals surface area contributed by atoms with Gasteiger partial charge in [-0.05, 0) is 5.41 Å². The molecular weight excluding hydrogens is 114 g/mol. The smallest absolute Gasteiger partial charge is 0.0600 e. The van der Waals surface area contributed by atoms with Crippen molar-refractivity contribution in [1.82, 2.24) is 5.32 Å². The highest BCUT2D eigenvalue weighted by molar-refractivity contribution is 5.04. The molecule has 2 N–H and O–H groups in total. The van der Waals surface area contributed by atoms with Gasteiger partial charge in [0.2, 0.25) is 0 Å². The fourth-order valence-electron chi connectivity index (χ4n) is 1.19. The summed E-state index contributed by atoms with van der Waals surface area (Å²) in [6.45, 7) is 6.82. The van der Waals surface area contributed by atoms with Gasteiger partial charge in [0.1, 0.15) is 0 Å². The van der Waals surface area contributed by atoms with E-state index in [-0.39, 0.29) is 6.61 Å². The van der Waals surface area contributed by atoms with Gasteiger partial charge in [-0.2, -0.15) is 0 Å². The summed E-state index contributed by atoms with van der Waals surface area (Å²) < 4.78 is 0. The van der Waals surface area contributed by atoms with E-state index in [4.69, 9.17) is 5.11 Å². The Hall–Kier alpha value is -0.0800. The molecule has 9 heavy (non-hydrogen) atoms. The first-order valence-electron chi connectivity index (χ1n) is 3.42. The summed E-state index contributed by atoms with van der Waals surface area (Å²) in [6, 6.07) is 0.896. The molecule has 1 aliphatic heterocycles. The van der Waals surface area contributed by atoms with Gasteiger partial charge >= 0.3 is 0 Å². The third-order valence-corrected chi connectivity index (χ3v) is 1.82. The van der Waals surface area contributed by atoms with Crippen LogP contribution in [0.2, 0.25) is 0 Å². The van der Waals surface area contributed by atoms with Gasteiger partial charge < -0.3 is 10.4 Å². The highest BCUT2D eigenvalue weighted by atomic mass is 16.3. The quantitative estimate of drug-likeness (QED) is 0.502. The van der Waals surface area contributed by atoms with Gasteiger partial charge in [0.05, 0.1) is 6.61 Å². The second kappa shape index (κ2) is 1.96. The minimum Gasteiger partial charge on any atom is -0.395 e. The van der Waals surface area contributed by atoms with Crippen LogP contribution in [0.4, 0.5) is 0 Å². The molecule has 1 saturated heterocycles. The Morgan fingerprint density at radius 2 is 2.00 bits per heavy atom. The first-order valence-corrected chi connectivity index (χ1v) is 3.42. The van der Waals surface area contributed by atoms with E-state index in [1.807, 2.05) is 0 Å². The Morgan fingerprint density at radius 1 is 1.44 bits per heavy atom. The second-order valence-electron chi connectivity index (χ2n) is 3.80. The van der Waals surface area contributed by atoms with E-state index in [2.05, 4.69) is 26.1 Å². The Bertz CT molecular complexity index is 106. The van der Waals surface area contributed by atoms with Crippen molar-refractivity contribution < 1.29 is 5.11 Å². The summed E-state index contributed by atoms with van der Waals surface area (Å²) in [4.78, 5) is 0. The Morgan fingerprint density at radius 3 is 2.11 bits per heavy atom. The first-order chi connectivity index (χ1) is 4.05. The molecule has 0 aromatic rings. The third kappa shape index (κ3) is 1.43. The summed E-state index contributed by atoms with van der Waals surface area (Å²) in [6.07, 6.45) is 0. The molecule has 0 radical (unpaired) electrons. The lowest BCUT2D eigenvalue weighted by Gasteiger charge is -2.15. The van der Waals surface area contributed by atoms with Gasteiger partial charge in [-0.15, -0.1) is 0 Å². The van der Waals surface area contributed by atoms with E-state index in [0.29, 0.717) is 17.5 Å². The van der Waals surface area contributed by atoms with Crippen LogP contribution in [0.1, 0.15) is 20.8 Å². The van der Waals surface area contributed by atoms with Gasteiger partial charge in [-0.25, -0.2) is 0 Å². The zero-order chi connectivity index (χ0) is 7.07. The second-order valence-corrected chi connectivity index (χ2v) is 3.80. The summed E-state index contributed by atoms with van der Waals surface area (Å²) in [5, 5.41) is 11.9. The van der Waals surface area contributed by atoms with Crippen molar-refractivity contribution in [1.29, 1.82) is 0 Å². The van der Waals surface area contributed by atoms with Crippen molar-refractivity contribution in [2.45, 2.75) is 32.9 Å². The third-order valence-electron chi connectivity index (χ3n) is 1.82. The molecule has 1 heterocycles. The predicted octanol–water partition coefficient (Wildman–Crippen LogP) is 0.365. The van der Waals surface area contributed by atoms with Crippen LogP contribution in [-0.4, -0.2) is 23.8 Å². The fraction of sp³-hybridized carbons (Fsp3) is 1.00. The van der Waals surface area contributed by atoms with Crippen molar-refractivity contribution >= 4 is 0 Å². The number of aliphatic hydroxyl groups is 1. The zero-order valence-corrected chi connectivity index (χ0v) is 6.31. The van der Waals surface area contributed by atoms with Crippen LogP contribution in [0.25, 0.3) is 0 Å². The molecule has 0 aromatic heterocycles. The number of hydrogen-bond acceptors (Lipinski definition) is 2. The van der Waals surface area contributed by atoms with Gasteiger partial charge in [-0.3, -0.25) is 0 Å². The summed E-state index contributed by atoms with van der Waals surface area (Å²) in [5.41, 5.74) is 0.313. The Kier molecular flexibility index (Phi) is 1.53. The SMILES string of the molecule is CC(C)(C)[C@H]1N[C@@H]1CO. The molecule has 0 aromatic carbocycles. The van der Waals surface area contributed by atoms with E-state index in [0.717, 1.165) is 0 Å². The minimum absolute atomic E-state index is 0.280. The average Bonchev–Trinajstić information content (AvgIpc) is 2.39. The van der Waals surface area contributed by atoms with Crippen LogP contribution in [0.15, 0.2) is 0 Å². The van der Waals surface area contributed by atoms with Gasteiger partial charge in [-0.1, -0.05) is 20.8 Å². The first kappa shape index (κ1) is 7.03. The normalized spacial score (nSPS) is 34.7. The van der Waals surface area contributed by atoms with Crippen molar-refractivity contribution in [2.75, 3.05) is 6.61 Å². The van der Waals surface area contributed by atoms with Crippen molar-refractivity contribution in [3.05, 3.63) is 0 Å². The number of aliphatic hydroxyl groups excluding tert-OH is 1. The van der Waals surface area contributed by atoms with Crippen LogP contribution in [0, 0.1) is 5.41 Å². The van der Waals surface area contributed by atoms with Crippen LogP contribution in [-0.2, 0) is 0 Å². The predicted molar refractivity (Wildman–Crippen MR) is 37.3 cm³/mol. The van der Waals surface area contributed by atoms with Crippen molar-refractivity contribution in [3.8, 4) is 0 Å². The van der Waals surface area contributed by atoms with Crippen LogP contribution >= 0.6 is 0 Å². The number of nitrogens with one attached hydrogen (secondary N) is 1. The van der Waals surface area contributed by atoms with Crippen LogP contribution in [0.3, 0.4) is 0 Å². The molecule has 54 valence electrons. The van der Waals surface area contributed by atoms with E-state index in [9.17, 15) is 0 Å². The molecule has 0 spiro atoms. The Balaban J connectivity index is 2.33. The lowest BCUT2D eigenvalue weighted by molar-refractivity contribution is 0.282. The van der Waals surface area contributed by atoms with Crippen molar-refractivity contribution in [3.63, 3.8) is 0 Å². The number of rotatable bonds is 1. The monoisotopic (exact) mass is 129 g/mol. The van der Waals surface area contributed by atoms with Gasteiger partial charge in [0.15, 0.2) is 0 Å². The molecule has 1 rings (SSSR count). The van der Waals surface area contributed by atoms with Gasteiger partial charge in [0, 0.05) is 12.1 Å². The summed E-state index contributed by atoms with van der Waals surface area (Å²) in [5.74, 6) is 0. The standard InChI is InChI=1S/C7H15NO/c1-7(2,3)6-5(4-9)8-6/h5-6,8-9H,4H2,1-3H3/t5-,6+/m1/s1. The van der Waals surface area contributed by atoms with Crippen molar-refractivity contribution in [2.24, 2.45) is 5.41 Å². The fourth-order valence-corrected chi connectivity index (χ4v) is 1.19. The molecule has 2 atom stereocenters. The Labute approximate surface area is 56.3 Å². The minimum atomic E-state index is 0.280. The van der Waals surface area contributed by atoms with E-state index in [1.54, 1.807) is 0 Å². The van der Waals surface area contributed by atoms with Crippen LogP contribution in [0.5, 0.6) is 0 Å². The summed E-state index contributed by atoms with van der Waals surface area (Å²) in [7, 11) is 0. The molecule has 1 fully saturated rings. The number of hydrogen-bond donors (Lipinski definition) is 2. The van der Waals surface area contributed by atoms with E-state index < -0.39 is 0 Å². The molecule has 0 amide bonds. The lowest BCUT2D eigenvalue weighted by Crippen LogP contribution is -2.18. The highest BCUT2D eigenvalue weighted by Crippen LogP contribution is 2.30. The maximum atomic E-state index is 8.68. The maximum Gasteiger partial charge on any atom is 0.0600 e. The molecule has 0 bridgehead atoms. The molecule has 2 heteroatoms. The van der Waals surface area contributed by atoms with Gasteiger partial charge in [0.25, 0.3) is 0 Å². The molecular formula is C7H15NO. The molecule has 0 aliphatic carbocycles. The molecule has 2 nitrogen and oxygen atoms in total. The summed E-state index contributed by atoms with van der Waals surface area (Å²) >= 11 is 0. The van der Waals surface area contributed by atoms with Crippen LogP contribution < -0.4 is 5.32 Å². The molecule has 0 unspecified atom stereocenters. The average molecular weight is 129 g/mol. The zero-order valence-electron chi connectivity index (χ0n) is 6.31. The highest BCUT2D eigenvalue weighted by Gasteiger charge is 2.43.